The second-order valence-electron chi connectivity index (χ2n) is 4.48. The van der Waals surface area contributed by atoms with Crippen LogP contribution in [0.25, 0.3) is 0 Å². The van der Waals surface area contributed by atoms with Crippen LogP contribution in [-0.4, -0.2) is 17.3 Å². The van der Waals surface area contributed by atoms with E-state index in [0.717, 1.165) is 18.6 Å². The molecule has 0 fully saturated rings. The van der Waals surface area contributed by atoms with Crippen molar-refractivity contribution in [2.45, 2.75) is 38.9 Å². The van der Waals surface area contributed by atoms with Crippen LogP contribution in [-0.2, 0) is 0 Å². The maximum Gasteiger partial charge on any atom is 0.143 e. The number of allylic oxidation sites excluding steroid dienone is 1. The second kappa shape index (κ2) is 4.71. The van der Waals surface area contributed by atoms with Crippen LogP contribution in [0, 0.1) is 13.8 Å². The number of aliphatic hydroxyl groups is 1. The Bertz CT molecular complexity index is 375. The number of ether oxygens (including phenoxy) is 1. The summed E-state index contributed by atoms with van der Waals surface area (Å²) in [5, 5.41) is 9.79. The lowest BCUT2D eigenvalue weighted by Gasteiger charge is -2.24. The molecule has 1 N–H and O–H groups in total. The largest absolute Gasteiger partial charge is 0.484 e. The first-order valence-corrected chi connectivity index (χ1v) is 5.75. The highest BCUT2D eigenvalue weighted by Crippen LogP contribution is 2.21. The van der Waals surface area contributed by atoms with Gasteiger partial charge in [-0.1, -0.05) is 12.1 Å². The quantitative estimate of drug-likeness (QED) is 0.773. The zero-order chi connectivity index (χ0) is 11.5. The van der Waals surface area contributed by atoms with Crippen molar-refractivity contribution >= 4 is 0 Å². The molecule has 0 spiro atoms. The van der Waals surface area contributed by atoms with Crippen LogP contribution in [0.1, 0.15) is 24.0 Å². The van der Waals surface area contributed by atoms with E-state index in [1.54, 1.807) is 0 Å². The lowest BCUT2D eigenvalue weighted by molar-refractivity contribution is 0.0535. The van der Waals surface area contributed by atoms with Crippen molar-refractivity contribution in [3.05, 3.63) is 41.5 Å². The van der Waals surface area contributed by atoms with Crippen molar-refractivity contribution in [3.8, 4) is 5.75 Å². The molecule has 2 atom stereocenters. The molecule has 2 rings (SSSR count). The van der Waals surface area contributed by atoms with Gasteiger partial charge in [-0.3, -0.25) is 0 Å². The first-order chi connectivity index (χ1) is 7.65. The number of benzene rings is 1. The molecule has 0 aromatic heterocycles. The van der Waals surface area contributed by atoms with Gasteiger partial charge in [-0.15, -0.1) is 0 Å². The summed E-state index contributed by atoms with van der Waals surface area (Å²) < 4.78 is 5.79. The number of aliphatic hydroxyl groups excluding tert-OH is 1. The summed E-state index contributed by atoms with van der Waals surface area (Å²) in [6.07, 6.45) is 5.16. The van der Waals surface area contributed by atoms with E-state index in [4.69, 9.17) is 4.74 Å². The minimum atomic E-state index is -0.384. The Morgan fingerprint density at radius 3 is 2.50 bits per heavy atom. The van der Waals surface area contributed by atoms with Gasteiger partial charge in [0.25, 0.3) is 0 Å². The number of hydrogen-bond donors (Lipinski definition) is 1. The summed E-state index contributed by atoms with van der Waals surface area (Å²) in [6.45, 7) is 4.10. The van der Waals surface area contributed by atoms with Crippen LogP contribution in [0.3, 0.4) is 0 Å². The molecule has 2 heteroatoms. The molecule has 0 heterocycles. The van der Waals surface area contributed by atoms with Crippen molar-refractivity contribution in [1.82, 2.24) is 0 Å². The van der Waals surface area contributed by atoms with E-state index in [1.807, 2.05) is 32.1 Å². The van der Waals surface area contributed by atoms with Gasteiger partial charge in [0, 0.05) is 0 Å². The van der Waals surface area contributed by atoms with E-state index in [-0.39, 0.29) is 12.2 Å². The summed E-state index contributed by atoms with van der Waals surface area (Å²) in [7, 11) is 0. The fraction of sp³-hybridized carbons (Fsp3) is 0.429. The highest BCUT2D eigenvalue weighted by Gasteiger charge is 2.20. The first-order valence-electron chi connectivity index (χ1n) is 5.75. The molecular formula is C14H18O2. The van der Waals surface area contributed by atoms with Crippen LogP contribution < -0.4 is 4.74 Å². The van der Waals surface area contributed by atoms with Gasteiger partial charge in [0.15, 0.2) is 0 Å². The van der Waals surface area contributed by atoms with Crippen molar-refractivity contribution < 1.29 is 9.84 Å². The maximum absolute atomic E-state index is 9.79. The predicted octanol–water partition coefficient (Wildman–Crippen LogP) is 2.76. The maximum atomic E-state index is 9.79. The van der Waals surface area contributed by atoms with Gasteiger partial charge >= 0.3 is 0 Å². The van der Waals surface area contributed by atoms with Gasteiger partial charge in [-0.05, 0) is 56.0 Å². The number of aryl methyl sites for hydroxylation is 2. The second-order valence-corrected chi connectivity index (χ2v) is 4.48. The van der Waals surface area contributed by atoms with Gasteiger partial charge in [-0.2, -0.15) is 0 Å². The van der Waals surface area contributed by atoms with Crippen LogP contribution in [0.4, 0.5) is 0 Å². The fourth-order valence-corrected chi connectivity index (χ4v) is 2.07. The fourth-order valence-electron chi connectivity index (χ4n) is 2.07. The molecule has 0 unspecified atom stereocenters. The van der Waals surface area contributed by atoms with Crippen LogP contribution in [0.5, 0.6) is 5.75 Å². The zero-order valence-electron chi connectivity index (χ0n) is 9.81. The van der Waals surface area contributed by atoms with Gasteiger partial charge in [-0.25, -0.2) is 0 Å². The highest BCUT2D eigenvalue weighted by atomic mass is 16.5. The van der Waals surface area contributed by atoms with E-state index in [2.05, 4.69) is 12.1 Å². The molecule has 16 heavy (non-hydrogen) atoms. The first kappa shape index (κ1) is 11.2. The Balaban J connectivity index is 2.13. The zero-order valence-corrected chi connectivity index (χ0v) is 9.81. The van der Waals surface area contributed by atoms with Crippen LogP contribution >= 0.6 is 0 Å². The Hall–Kier alpha value is -1.28. The lowest BCUT2D eigenvalue weighted by atomic mass is 10.0. The smallest absolute Gasteiger partial charge is 0.143 e. The summed E-state index contributed by atoms with van der Waals surface area (Å²) in [5.41, 5.74) is 2.37. The number of rotatable bonds is 2. The van der Waals surface area contributed by atoms with Gasteiger partial charge in [0.05, 0.1) is 6.10 Å². The third kappa shape index (κ3) is 2.64. The molecule has 0 bridgehead atoms. The molecule has 1 aliphatic carbocycles. The van der Waals surface area contributed by atoms with E-state index in [9.17, 15) is 5.11 Å². The van der Waals surface area contributed by atoms with Gasteiger partial charge in [0.1, 0.15) is 11.9 Å². The molecule has 2 nitrogen and oxygen atoms in total. The normalized spacial score (nSPS) is 24.4. The van der Waals surface area contributed by atoms with Gasteiger partial charge in [0.2, 0.25) is 0 Å². The molecule has 1 aromatic rings. The summed E-state index contributed by atoms with van der Waals surface area (Å²) >= 11 is 0. The standard InChI is InChI=1S/C14H18O2/c1-10-7-11(2)9-12(8-10)16-14-6-4-3-5-13(14)15/h4,6-9,13-15H,3,5H2,1-2H3/t13-,14-/m0/s1. The van der Waals surface area contributed by atoms with Crippen molar-refractivity contribution in [2.24, 2.45) is 0 Å². The molecule has 1 aliphatic rings. The third-order valence-electron chi connectivity index (χ3n) is 2.80. The topological polar surface area (TPSA) is 29.5 Å². The minimum Gasteiger partial charge on any atom is -0.484 e. The Kier molecular flexibility index (Phi) is 3.30. The minimum absolute atomic E-state index is 0.199. The third-order valence-corrected chi connectivity index (χ3v) is 2.80. The molecule has 0 saturated heterocycles. The number of hydrogen-bond acceptors (Lipinski definition) is 2. The van der Waals surface area contributed by atoms with Crippen molar-refractivity contribution in [3.63, 3.8) is 0 Å². The molecule has 0 radical (unpaired) electrons. The predicted molar refractivity (Wildman–Crippen MR) is 64.7 cm³/mol. The average Bonchev–Trinajstić information content (AvgIpc) is 2.20. The highest BCUT2D eigenvalue weighted by molar-refractivity contribution is 5.33. The van der Waals surface area contributed by atoms with Crippen molar-refractivity contribution in [2.75, 3.05) is 0 Å². The van der Waals surface area contributed by atoms with Crippen LogP contribution in [0.15, 0.2) is 30.4 Å². The molecule has 86 valence electrons. The molecular weight excluding hydrogens is 200 g/mol. The van der Waals surface area contributed by atoms with Gasteiger partial charge < -0.3 is 9.84 Å². The van der Waals surface area contributed by atoms with E-state index < -0.39 is 0 Å². The van der Waals surface area contributed by atoms with Crippen LogP contribution in [0.2, 0.25) is 0 Å². The molecule has 0 aliphatic heterocycles. The van der Waals surface area contributed by atoms with Crippen molar-refractivity contribution in [1.29, 1.82) is 0 Å². The molecule has 1 aromatic carbocycles. The Morgan fingerprint density at radius 2 is 1.88 bits per heavy atom. The summed E-state index contributed by atoms with van der Waals surface area (Å²) in [5.74, 6) is 0.841. The van der Waals surface area contributed by atoms with E-state index >= 15 is 0 Å². The van der Waals surface area contributed by atoms with E-state index in [0.29, 0.717) is 0 Å². The summed E-state index contributed by atoms with van der Waals surface area (Å²) in [6, 6.07) is 6.12. The lowest BCUT2D eigenvalue weighted by Crippen LogP contribution is -2.31. The summed E-state index contributed by atoms with van der Waals surface area (Å²) in [4.78, 5) is 0. The van der Waals surface area contributed by atoms with E-state index in [1.165, 1.54) is 11.1 Å². The molecule has 0 saturated carbocycles. The average molecular weight is 218 g/mol. The molecule has 0 amide bonds. The Labute approximate surface area is 96.6 Å². The monoisotopic (exact) mass is 218 g/mol. The SMILES string of the molecule is Cc1cc(C)cc(O[C@H]2C=CCC[C@@H]2O)c1. The Morgan fingerprint density at radius 1 is 1.19 bits per heavy atom.